The van der Waals surface area contributed by atoms with E-state index in [0.717, 1.165) is 0 Å². The van der Waals surface area contributed by atoms with Gasteiger partial charge in [0.15, 0.2) is 5.11 Å². The van der Waals surface area contributed by atoms with E-state index >= 15 is 0 Å². The summed E-state index contributed by atoms with van der Waals surface area (Å²) in [5.74, 6) is 0.367. The quantitative estimate of drug-likeness (QED) is 0.455. The molecule has 0 aromatic heterocycles. The van der Waals surface area contributed by atoms with Crippen LogP contribution < -0.4 is 15.4 Å². The Morgan fingerprint density at radius 1 is 1.23 bits per heavy atom. The topological polar surface area (TPSA) is 93.5 Å². The van der Waals surface area contributed by atoms with E-state index in [9.17, 15) is 14.9 Å². The molecule has 0 radical (unpaired) electrons. The molecule has 0 bridgehead atoms. The number of para-hydroxylation sites is 1. The van der Waals surface area contributed by atoms with E-state index in [4.69, 9.17) is 17.0 Å². The largest absolute Gasteiger partial charge is 0.492 e. The Hall–Kier alpha value is -3.00. The van der Waals surface area contributed by atoms with Crippen molar-refractivity contribution in [1.82, 2.24) is 5.32 Å². The zero-order valence-electron chi connectivity index (χ0n) is 14.4. The van der Waals surface area contributed by atoms with Crippen LogP contribution in [0.5, 0.6) is 5.75 Å². The number of nitro benzene ring substituents is 1. The number of benzene rings is 2. The standard InChI is InChI=1S/C18H19N3O4S/c1-12(2)11-25-16-9-4-3-8-15(16)17(22)20-18(26)19-13-6-5-7-14(10-13)21(23)24/h3-10,12H,11H2,1-2H3,(H2,19,20,22,26). The summed E-state index contributed by atoms with van der Waals surface area (Å²) in [5, 5.41) is 16.2. The van der Waals surface area contributed by atoms with E-state index in [-0.39, 0.29) is 10.8 Å². The molecule has 136 valence electrons. The van der Waals surface area contributed by atoms with Gasteiger partial charge in [0.2, 0.25) is 0 Å². The third-order valence-electron chi connectivity index (χ3n) is 3.25. The number of thiocarbonyl (C=S) groups is 1. The van der Waals surface area contributed by atoms with Gasteiger partial charge in [0.25, 0.3) is 11.6 Å². The van der Waals surface area contributed by atoms with E-state index in [1.165, 1.54) is 18.2 Å². The van der Waals surface area contributed by atoms with Crippen molar-refractivity contribution in [2.24, 2.45) is 5.92 Å². The summed E-state index contributed by atoms with van der Waals surface area (Å²) >= 11 is 5.12. The molecule has 26 heavy (non-hydrogen) atoms. The van der Waals surface area contributed by atoms with Crippen molar-refractivity contribution in [3.8, 4) is 5.75 Å². The second-order valence-electron chi connectivity index (χ2n) is 5.92. The van der Waals surface area contributed by atoms with Crippen molar-refractivity contribution in [2.45, 2.75) is 13.8 Å². The number of anilines is 1. The number of carbonyl (C=O) groups is 1. The molecule has 0 saturated carbocycles. The highest BCUT2D eigenvalue weighted by atomic mass is 32.1. The van der Waals surface area contributed by atoms with Gasteiger partial charge in [0.1, 0.15) is 5.75 Å². The lowest BCUT2D eigenvalue weighted by Crippen LogP contribution is -2.34. The Labute approximate surface area is 156 Å². The van der Waals surface area contributed by atoms with Crippen LogP contribution in [0.1, 0.15) is 24.2 Å². The van der Waals surface area contributed by atoms with Crippen molar-refractivity contribution in [2.75, 3.05) is 11.9 Å². The molecule has 0 aliphatic rings. The number of nitrogens with one attached hydrogen (secondary N) is 2. The van der Waals surface area contributed by atoms with Gasteiger partial charge in [-0.25, -0.2) is 0 Å². The number of hydrogen-bond donors (Lipinski definition) is 2. The highest BCUT2D eigenvalue weighted by Crippen LogP contribution is 2.19. The number of non-ortho nitro benzene ring substituents is 1. The number of hydrogen-bond acceptors (Lipinski definition) is 5. The number of nitro groups is 1. The molecule has 7 nitrogen and oxygen atoms in total. The Morgan fingerprint density at radius 2 is 1.96 bits per heavy atom. The van der Waals surface area contributed by atoms with Crippen molar-refractivity contribution in [3.05, 3.63) is 64.2 Å². The summed E-state index contributed by atoms with van der Waals surface area (Å²) in [4.78, 5) is 22.8. The first kappa shape index (κ1) is 19.3. The smallest absolute Gasteiger partial charge is 0.271 e. The van der Waals surface area contributed by atoms with Crippen molar-refractivity contribution >= 4 is 34.6 Å². The van der Waals surface area contributed by atoms with Crippen LogP contribution in [0.25, 0.3) is 0 Å². The second kappa shape index (κ2) is 8.91. The number of rotatable bonds is 6. The molecule has 0 unspecified atom stereocenters. The number of nitrogens with zero attached hydrogens (tertiary/aromatic N) is 1. The Kier molecular flexibility index (Phi) is 6.62. The summed E-state index contributed by atoms with van der Waals surface area (Å²) in [6.07, 6.45) is 0. The van der Waals surface area contributed by atoms with Gasteiger partial charge in [0, 0.05) is 17.8 Å². The van der Waals surface area contributed by atoms with E-state index in [2.05, 4.69) is 10.6 Å². The fraction of sp³-hybridized carbons (Fsp3) is 0.222. The monoisotopic (exact) mass is 373 g/mol. The minimum absolute atomic E-state index is 0.0363. The van der Waals surface area contributed by atoms with E-state index < -0.39 is 10.8 Å². The summed E-state index contributed by atoms with van der Waals surface area (Å²) in [7, 11) is 0. The molecule has 2 N–H and O–H groups in total. The van der Waals surface area contributed by atoms with Gasteiger partial charge >= 0.3 is 0 Å². The molecule has 0 heterocycles. The van der Waals surface area contributed by atoms with E-state index in [0.29, 0.717) is 29.5 Å². The predicted molar refractivity (Wildman–Crippen MR) is 104 cm³/mol. The zero-order chi connectivity index (χ0) is 19.1. The molecule has 2 aromatic carbocycles. The van der Waals surface area contributed by atoms with Gasteiger partial charge in [0.05, 0.1) is 17.1 Å². The second-order valence-corrected chi connectivity index (χ2v) is 6.32. The van der Waals surface area contributed by atoms with Crippen LogP contribution in [0.15, 0.2) is 48.5 Å². The fourth-order valence-electron chi connectivity index (χ4n) is 2.07. The first-order valence-electron chi connectivity index (χ1n) is 7.95. The van der Waals surface area contributed by atoms with Gasteiger partial charge in [-0.15, -0.1) is 0 Å². The minimum Gasteiger partial charge on any atom is -0.492 e. The Morgan fingerprint density at radius 3 is 2.65 bits per heavy atom. The van der Waals surface area contributed by atoms with E-state index in [1.807, 2.05) is 13.8 Å². The van der Waals surface area contributed by atoms with Crippen molar-refractivity contribution < 1.29 is 14.5 Å². The van der Waals surface area contributed by atoms with Crippen LogP contribution >= 0.6 is 12.2 Å². The van der Waals surface area contributed by atoms with Gasteiger partial charge < -0.3 is 10.1 Å². The van der Waals surface area contributed by atoms with E-state index in [1.54, 1.807) is 30.3 Å². The molecule has 0 aliphatic carbocycles. The maximum Gasteiger partial charge on any atom is 0.271 e. The molecule has 0 fully saturated rings. The third kappa shape index (κ3) is 5.52. The van der Waals surface area contributed by atoms with Gasteiger partial charge in [-0.05, 0) is 36.3 Å². The molecule has 0 atom stereocenters. The van der Waals surface area contributed by atoms with Crippen LogP contribution in [0, 0.1) is 16.0 Å². The summed E-state index contributed by atoms with van der Waals surface area (Å²) in [6.45, 7) is 4.52. The van der Waals surface area contributed by atoms with Crippen LogP contribution in [0.2, 0.25) is 0 Å². The van der Waals surface area contributed by atoms with Crippen molar-refractivity contribution in [1.29, 1.82) is 0 Å². The lowest BCUT2D eigenvalue weighted by atomic mass is 10.2. The predicted octanol–water partition coefficient (Wildman–Crippen LogP) is 3.76. The minimum atomic E-state index is -0.505. The van der Waals surface area contributed by atoms with Crippen LogP contribution in [-0.2, 0) is 0 Å². The first-order valence-corrected chi connectivity index (χ1v) is 8.36. The molecular weight excluding hydrogens is 354 g/mol. The molecule has 0 saturated heterocycles. The zero-order valence-corrected chi connectivity index (χ0v) is 15.2. The van der Waals surface area contributed by atoms with Crippen LogP contribution in [0.4, 0.5) is 11.4 Å². The lowest BCUT2D eigenvalue weighted by molar-refractivity contribution is -0.384. The molecular formula is C18H19N3O4S. The highest BCUT2D eigenvalue weighted by Gasteiger charge is 2.14. The molecule has 0 spiro atoms. The average molecular weight is 373 g/mol. The van der Waals surface area contributed by atoms with Crippen LogP contribution in [-0.4, -0.2) is 22.5 Å². The maximum atomic E-state index is 12.5. The highest BCUT2D eigenvalue weighted by molar-refractivity contribution is 7.80. The lowest BCUT2D eigenvalue weighted by Gasteiger charge is -2.14. The maximum absolute atomic E-state index is 12.5. The molecule has 1 amide bonds. The molecule has 0 aliphatic heterocycles. The van der Waals surface area contributed by atoms with Crippen molar-refractivity contribution in [3.63, 3.8) is 0 Å². The normalized spacial score (nSPS) is 10.3. The molecule has 8 heteroatoms. The Bertz CT molecular complexity index is 824. The summed E-state index contributed by atoms with van der Waals surface area (Å²) in [6, 6.07) is 12.7. The number of ether oxygens (including phenoxy) is 1. The van der Waals surface area contributed by atoms with Gasteiger partial charge in [-0.1, -0.05) is 32.0 Å². The first-order chi connectivity index (χ1) is 12.4. The van der Waals surface area contributed by atoms with Gasteiger partial charge in [-0.3, -0.25) is 20.2 Å². The third-order valence-corrected chi connectivity index (χ3v) is 3.45. The number of carbonyl (C=O) groups excluding carboxylic acids is 1. The fourth-order valence-corrected chi connectivity index (χ4v) is 2.28. The molecule has 2 rings (SSSR count). The van der Waals surface area contributed by atoms with Crippen LogP contribution in [0.3, 0.4) is 0 Å². The summed E-state index contributed by atoms with van der Waals surface area (Å²) < 4.78 is 5.66. The Balaban J connectivity index is 2.04. The van der Waals surface area contributed by atoms with Gasteiger partial charge in [-0.2, -0.15) is 0 Å². The number of amides is 1. The average Bonchev–Trinajstić information content (AvgIpc) is 2.60. The molecule has 2 aromatic rings. The SMILES string of the molecule is CC(C)COc1ccccc1C(=O)NC(=S)Nc1cccc([N+](=O)[O-])c1. The summed E-state index contributed by atoms with van der Waals surface area (Å²) in [5.41, 5.74) is 0.696.